The summed E-state index contributed by atoms with van der Waals surface area (Å²) in [5, 5.41) is 4.99. The molecule has 0 saturated carbocycles. The molecule has 4 rings (SSSR count). The van der Waals surface area contributed by atoms with E-state index in [1.54, 1.807) is 17.4 Å². The molecule has 2 heterocycles. The Morgan fingerprint density at radius 1 is 1.09 bits per heavy atom. The number of likely N-dealkylation sites (N-methyl/N-ethyl adjacent to an activating group) is 1. The van der Waals surface area contributed by atoms with Gasteiger partial charge in [-0.1, -0.05) is 30.3 Å². The van der Waals surface area contributed by atoms with E-state index < -0.39 is 0 Å². The molecular weight excluding hydrogens is 436 g/mol. The first kappa shape index (κ1) is 22.8. The number of hydrogen-bond donors (Lipinski definition) is 1. The second-order valence-corrected chi connectivity index (χ2v) is 8.45. The molecule has 7 nitrogen and oxygen atoms in total. The Balaban J connectivity index is 1.46. The van der Waals surface area contributed by atoms with Crippen LogP contribution < -0.4 is 14.8 Å². The highest BCUT2D eigenvalue weighted by molar-refractivity contribution is 7.15. The number of ether oxygens (including phenoxy) is 2. The lowest BCUT2D eigenvalue weighted by Crippen LogP contribution is -2.30. The number of hydrogen-bond acceptors (Lipinski definition) is 6. The van der Waals surface area contributed by atoms with Gasteiger partial charge in [-0.05, 0) is 33.0 Å². The third-order valence-electron chi connectivity index (χ3n) is 5.07. The SMILES string of the molecule is CCOc1ccc(NC(=O)CN(C)Cc2c(-c3ccccc3)nc3sccn23)cc1OCC. The number of rotatable bonds is 10. The minimum absolute atomic E-state index is 0.101. The number of fused-ring (bicyclic) bond motifs is 1. The van der Waals surface area contributed by atoms with Gasteiger partial charge in [0, 0.05) is 35.4 Å². The number of imidazole rings is 1. The number of aromatic nitrogens is 2. The summed E-state index contributed by atoms with van der Waals surface area (Å²) in [4.78, 5) is 20.5. The van der Waals surface area contributed by atoms with Crippen LogP contribution in [-0.4, -0.2) is 47.0 Å². The topological polar surface area (TPSA) is 68.1 Å². The number of thiazole rings is 1. The van der Waals surface area contributed by atoms with Crippen LogP contribution >= 0.6 is 11.3 Å². The van der Waals surface area contributed by atoms with Crippen molar-refractivity contribution in [2.24, 2.45) is 0 Å². The standard InChI is InChI=1S/C25H28N4O3S/c1-4-31-21-12-11-19(15-22(21)32-5-2)26-23(30)17-28(3)16-20-24(18-9-7-6-8-10-18)27-25-29(20)13-14-33-25/h6-15H,4-5,16-17H2,1-3H3,(H,26,30). The van der Waals surface area contributed by atoms with Crippen molar-refractivity contribution in [3.05, 3.63) is 65.8 Å². The zero-order chi connectivity index (χ0) is 23.2. The van der Waals surface area contributed by atoms with Gasteiger partial charge >= 0.3 is 0 Å². The normalized spacial score (nSPS) is 11.2. The average Bonchev–Trinajstić information content (AvgIpc) is 3.39. The van der Waals surface area contributed by atoms with Gasteiger partial charge in [0.15, 0.2) is 16.5 Å². The number of carbonyl (C=O) groups is 1. The summed E-state index contributed by atoms with van der Waals surface area (Å²) in [6.45, 7) is 5.74. The molecule has 0 bridgehead atoms. The number of amides is 1. The molecule has 0 fully saturated rings. The van der Waals surface area contributed by atoms with Gasteiger partial charge in [-0.25, -0.2) is 4.98 Å². The van der Waals surface area contributed by atoms with Crippen molar-refractivity contribution in [2.45, 2.75) is 20.4 Å². The van der Waals surface area contributed by atoms with Crippen LogP contribution in [0.4, 0.5) is 5.69 Å². The van der Waals surface area contributed by atoms with Crippen LogP contribution in [0.15, 0.2) is 60.1 Å². The summed E-state index contributed by atoms with van der Waals surface area (Å²) < 4.78 is 13.4. The van der Waals surface area contributed by atoms with Crippen molar-refractivity contribution >= 4 is 27.9 Å². The minimum atomic E-state index is -0.101. The summed E-state index contributed by atoms with van der Waals surface area (Å²) >= 11 is 1.60. The molecule has 172 valence electrons. The van der Waals surface area contributed by atoms with Crippen molar-refractivity contribution in [2.75, 3.05) is 32.1 Å². The van der Waals surface area contributed by atoms with Crippen molar-refractivity contribution in [1.82, 2.24) is 14.3 Å². The van der Waals surface area contributed by atoms with Crippen molar-refractivity contribution in [3.8, 4) is 22.8 Å². The predicted octanol–water partition coefficient (Wildman–Crippen LogP) is 4.93. The molecule has 0 aliphatic heterocycles. The largest absolute Gasteiger partial charge is 0.490 e. The molecule has 8 heteroatoms. The molecule has 0 aliphatic rings. The third kappa shape index (κ3) is 5.35. The molecule has 0 spiro atoms. The highest BCUT2D eigenvalue weighted by atomic mass is 32.1. The highest BCUT2D eigenvalue weighted by Gasteiger charge is 2.18. The van der Waals surface area contributed by atoms with E-state index in [0.717, 1.165) is 21.9 Å². The summed E-state index contributed by atoms with van der Waals surface area (Å²) in [5.41, 5.74) is 3.75. The first-order valence-corrected chi connectivity index (χ1v) is 11.8. The lowest BCUT2D eigenvalue weighted by atomic mass is 10.1. The van der Waals surface area contributed by atoms with Crippen molar-refractivity contribution in [3.63, 3.8) is 0 Å². The Labute approximate surface area is 197 Å². The Hall–Kier alpha value is -3.36. The van der Waals surface area contributed by atoms with Gasteiger partial charge in [-0.3, -0.25) is 14.1 Å². The maximum atomic E-state index is 12.8. The zero-order valence-corrected chi connectivity index (χ0v) is 19.9. The fourth-order valence-electron chi connectivity index (χ4n) is 3.70. The quantitative estimate of drug-likeness (QED) is 0.360. The van der Waals surface area contributed by atoms with Crippen LogP contribution in [0.5, 0.6) is 11.5 Å². The van der Waals surface area contributed by atoms with E-state index in [2.05, 4.69) is 21.9 Å². The van der Waals surface area contributed by atoms with Gasteiger partial charge in [0.05, 0.1) is 31.1 Å². The number of nitrogens with one attached hydrogen (secondary N) is 1. The van der Waals surface area contributed by atoms with E-state index >= 15 is 0 Å². The smallest absolute Gasteiger partial charge is 0.238 e. The molecule has 1 amide bonds. The minimum Gasteiger partial charge on any atom is -0.490 e. The van der Waals surface area contributed by atoms with Crippen molar-refractivity contribution < 1.29 is 14.3 Å². The Morgan fingerprint density at radius 2 is 1.85 bits per heavy atom. The van der Waals surface area contributed by atoms with E-state index in [-0.39, 0.29) is 12.5 Å². The lowest BCUT2D eigenvalue weighted by molar-refractivity contribution is -0.117. The molecule has 0 atom stereocenters. The van der Waals surface area contributed by atoms with Gasteiger partial charge in [0.1, 0.15) is 0 Å². The summed E-state index contributed by atoms with van der Waals surface area (Å²) in [5.74, 6) is 1.19. The van der Waals surface area contributed by atoms with Crippen LogP contribution in [0, 0.1) is 0 Å². The Bertz CT molecular complexity index is 1220. The van der Waals surface area contributed by atoms with E-state index in [1.807, 2.05) is 67.7 Å². The van der Waals surface area contributed by atoms with Crippen molar-refractivity contribution in [1.29, 1.82) is 0 Å². The van der Waals surface area contributed by atoms with E-state index in [4.69, 9.17) is 14.5 Å². The van der Waals surface area contributed by atoms with Crippen LogP contribution in [-0.2, 0) is 11.3 Å². The number of benzene rings is 2. The van der Waals surface area contributed by atoms with Gasteiger partial charge in [-0.2, -0.15) is 0 Å². The first-order chi connectivity index (χ1) is 16.1. The maximum Gasteiger partial charge on any atom is 0.238 e. The predicted molar refractivity (Wildman–Crippen MR) is 132 cm³/mol. The summed E-state index contributed by atoms with van der Waals surface area (Å²) in [7, 11) is 1.93. The van der Waals surface area contributed by atoms with Crippen LogP contribution in [0.2, 0.25) is 0 Å². The average molecular weight is 465 g/mol. The van der Waals surface area contributed by atoms with Crippen LogP contribution in [0.25, 0.3) is 16.2 Å². The van der Waals surface area contributed by atoms with E-state index in [0.29, 0.717) is 36.9 Å². The van der Waals surface area contributed by atoms with Gasteiger partial charge in [0.2, 0.25) is 5.91 Å². The molecule has 2 aromatic heterocycles. The molecule has 0 unspecified atom stereocenters. The van der Waals surface area contributed by atoms with Crippen LogP contribution in [0.3, 0.4) is 0 Å². The van der Waals surface area contributed by atoms with Gasteiger partial charge in [0.25, 0.3) is 0 Å². The Kier molecular flexibility index (Phi) is 7.26. The number of anilines is 1. The Morgan fingerprint density at radius 3 is 2.61 bits per heavy atom. The maximum absolute atomic E-state index is 12.8. The zero-order valence-electron chi connectivity index (χ0n) is 19.1. The second-order valence-electron chi connectivity index (χ2n) is 7.58. The fraction of sp³-hybridized carbons (Fsp3) is 0.280. The highest BCUT2D eigenvalue weighted by Crippen LogP contribution is 2.31. The second kappa shape index (κ2) is 10.5. The molecule has 33 heavy (non-hydrogen) atoms. The third-order valence-corrected chi connectivity index (χ3v) is 5.83. The van der Waals surface area contributed by atoms with Gasteiger partial charge < -0.3 is 14.8 Å². The van der Waals surface area contributed by atoms with E-state index in [9.17, 15) is 4.79 Å². The molecule has 0 radical (unpaired) electrons. The molecule has 2 aromatic carbocycles. The van der Waals surface area contributed by atoms with E-state index in [1.165, 1.54) is 0 Å². The molecule has 0 saturated heterocycles. The first-order valence-electron chi connectivity index (χ1n) is 11.0. The summed E-state index contributed by atoms with van der Waals surface area (Å²) in [6, 6.07) is 15.6. The monoisotopic (exact) mass is 464 g/mol. The molecule has 1 N–H and O–H groups in total. The lowest BCUT2D eigenvalue weighted by Gasteiger charge is -2.17. The van der Waals surface area contributed by atoms with Gasteiger partial charge in [-0.15, -0.1) is 11.3 Å². The summed E-state index contributed by atoms with van der Waals surface area (Å²) in [6.07, 6.45) is 2.03. The number of carbonyl (C=O) groups excluding carboxylic acids is 1. The molecule has 0 aliphatic carbocycles. The number of nitrogens with zero attached hydrogens (tertiary/aromatic N) is 3. The van der Waals surface area contributed by atoms with Crippen LogP contribution in [0.1, 0.15) is 19.5 Å². The fourth-order valence-corrected chi connectivity index (χ4v) is 4.43. The molecule has 4 aromatic rings. The molecular formula is C25H28N4O3S.